The van der Waals surface area contributed by atoms with E-state index in [0.29, 0.717) is 16.5 Å². The Morgan fingerprint density at radius 2 is 1.77 bits per heavy atom. The zero-order valence-electron chi connectivity index (χ0n) is 14.1. The van der Waals surface area contributed by atoms with E-state index in [1.807, 2.05) is 18.2 Å². The van der Waals surface area contributed by atoms with E-state index in [0.717, 1.165) is 11.1 Å². The van der Waals surface area contributed by atoms with Crippen molar-refractivity contribution in [1.29, 1.82) is 0 Å². The summed E-state index contributed by atoms with van der Waals surface area (Å²) in [6, 6.07) is 14.2. The maximum absolute atomic E-state index is 12.3. The fraction of sp³-hybridized carbons (Fsp3) is 0.0952. The lowest BCUT2D eigenvalue weighted by atomic mass is 10.1. The van der Waals surface area contributed by atoms with Crippen LogP contribution in [-0.2, 0) is 4.79 Å². The van der Waals surface area contributed by atoms with Crippen molar-refractivity contribution in [3.8, 4) is 11.8 Å². The second kappa shape index (κ2) is 7.49. The third kappa shape index (κ3) is 3.70. The number of nitrogens with one attached hydrogen (secondary N) is 2. The zero-order chi connectivity index (χ0) is 18.5. The van der Waals surface area contributed by atoms with Crippen molar-refractivity contribution in [2.75, 3.05) is 6.54 Å². The van der Waals surface area contributed by atoms with Crippen molar-refractivity contribution < 1.29 is 14.4 Å². The number of carbonyl (C=O) groups is 3. The van der Waals surface area contributed by atoms with Gasteiger partial charge in [0.05, 0.1) is 12.1 Å². The number of ketones is 2. The molecule has 0 aliphatic heterocycles. The van der Waals surface area contributed by atoms with Crippen LogP contribution in [0.4, 0.5) is 0 Å². The standard InChI is InChI=1S/C21H16N2O3/c1-14(24)16-10-8-15(9-11-16)5-4-12-22-21(26)20(25)18-13-23-19-7-3-2-6-17(18)19/h2-3,6-11,13,23H,12H2,1H3,(H,22,26). The maximum Gasteiger partial charge on any atom is 0.293 e. The number of aromatic amines is 1. The average Bonchev–Trinajstić information content (AvgIpc) is 3.09. The van der Waals surface area contributed by atoms with E-state index in [1.54, 1.807) is 30.3 Å². The van der Waals surface area contributed by atoms with Crippen LogP contribution < -0.4 is 5.32 Å². The number of Topliss-reactive ketones (excluding diaryl/α,β-unsaturated/α-hetero) is 2. The summed E-state index contributed by atoms with van der Waals surface area (Å²) in [7, 11) is 0. The van der Waals surface area contributed by atoms with Crippen LogP contribution in [0.2, 0.25) is 0 Å². The van der Waals surface area contributed by atoms with Crippen LogP contribution in [-0.4, -0.2) is 29.0 Å². The monoisotopic (exact) mass is 344 g/mol. The fourth-order valence-electron chi connectivity index (χ4n) is 2.52. The Morgan fingerprint density at radius 3 is 2.50 bits per heavy atom. The SMILES string of the molecule is CC(=O)c1ccc(C#CCNC(=O)C(=O)c2c[nH]c3ccccc23)cc1. The first-order valence-electron chi connectivity index (χ1n) is 8.05. The number of rotatable bonds is 4. The lowest BCUT2D eigenvalue weighted by Crippen LogP contribution is -2.31. The topological polar surface area (TPSA) is 79.0 Å². The van der Waals surface area contributed by atoms with Gasteiger partial charge >= 0.3 is 0 Å². The highest BCUT2D eigenvalue weighted by molar-refractivity contribution is 6.45. The number of aromatic nitrogens is 1. The first-order chi connectivity index (χ1) is 12.6. The van der Waals surface area contributed by atoms with Crippen molar-refractivity contribution in [2.24, 2.45) is 0 Å². The summed E-state index contributed by atoms with van der Waals surface area (Å²) in [6.07, 6.45) is 1.54. The molecule has 0 radical (unpaired) electrons. The Bertz CT molecular complexity index is 1050. The molecule has 0 aliphatic carbocycles. The van der Waals surface area contributed by atoms with E-state index >= 15 is 0 Å². The molecule has 2 N–H and O–H groups in total. The van der Waals surface area contributed by atoms with Gasteiger partial charge in [0, 0.05) is 28.2 Å². The van der Waals surface area contributed by atoms with Crippen molar-refractivity contribution in [2.45, 2.75) is 6.92 Å². The molecule has 3 rings (SSSR count). The van der Waals surface area contributed by atoms with Gasteiger partial charge in [0.2, 0.25) is 0 Å². The van der Waals surface area contributed by atoms with E-state index in [2.05, 4.69) is 22.1 Å². The van der Waals surface area contributed by atoms with E-state index in [1.165, 1.54) is 13.1 Å². The molecule has 0 unspecified atom stereocenters. The van der Waals surface area contributed by atoms with Crippen LogP contribution >= 0.6 is 0 Å². The van der Waals surface area contributed by atoms with Gasteiger partial charge in [0.15, 0.2) is 5.78 Å². The number of amides is 1. The molecule has 1 aromatic heterocycles. The van der Waals surface area contributed by atoms with Gasteiger partial charge in [-0.3, -0.25) is 14.4 Å². The Morgan fingerprint density at radius 1 is 1.04 bits per heavy atom. The van der Waals surface area contributed by atoms with Gasteiger partial charge in [-0.2, -0.15) is 0 Å². The Hall–Kier alpha value is -3.65. The zero-order valence-corrected chi connectivity index (χ0v) is 14.1. The Labute approximate surface area is 150 Å². The maximum atomic E-state index is 12.3. The summed E-state index contributed by atoms with van der Waals surface area (Å²) in [5, 5.41) is 3.22. The van der Waals surface area contributed by atoms with Crippen molar-refractivity contribution in [1.82, 2.24) is 10.3 Å². The summed E-state index contributed by atoms with van der Waals surface area (Å²) in [6.45, 7) is 1.56. The van der Waals surface area contributed by atoms with Crippen LogP contribution in [0.1, 0.15) is 33.2 Å². The number of benzene rings is 2. The number of carbonyl (C=O) groups excluding carboxylic acids is 3. The minimum Gasteiger partial charge on any atom is -0.360 e. The molecule has 5 nitrogen and oxygen atoms in total. The normalized spacial score (nSPS) is 10.0. The predicted molar refractivity (Wildman–Crippen MR) is 99.0 cm³/mol. The van der Waals surface area contributed by atoms with Gasteiger partial charge < -0.3 is 10.3 Å². The van der Waals surface area contributed by atoms with Crippen LogP contribution in [0.25, 0.3) is 10.9 Å². The molecule has 0 atom stereocenters. The second-order valence-corrected chi connectivity index (χ2v) is 5.70. The third-order valence-corrected chi connectivity index (χ3v) is 3.90. The van der Waals surface area contributed by atoms with Crippen LogP contribution in [0.3, 0.4) is 0 Å². The summed E-state index contributed by atoms with van der Waals surface area (Å²) in [5.74, 6) is 4.36. The summed E-state index contributed by atoms with van der Waals surface area (Å²) < 4.78 is 0. The third-order valence-electron chi connectivity index (χ3n) is 3.90. The molecule has 5 heteroatoms. The summed E-state index contributed by atoms with van der Waals surface area (Å²) >= 11 is 0. The Kier molecular flexibility index (Phi) is 4.95. The molecule has 128 valence electrons. The summed E-state index contributed by atoms with van der Waals surface area (Å²) in [5.41, 5.74) is 2.49. The van der Waals surface area contributed by atoms with Gasteiger partial charge in [-0.15, -0.1) is 0 Å². The first-order valence-corrected chi connectivity index (χ1v) is 8.05. The molecule has 3 aromatic rings. The molecule has 0 saturated heterocycles. The van der Waals surface area contributed by atoms with Gasteiger partial charge in [-0.05, 0) is 25.1 Å². The minimum absolute atomic E-state index is 0.00688. The molecule has 0 aliphatic rings. The van der Waals surface area contributed by atoms with Gasteiger partial charge in [0.25, 0.3) is 11.7 Å². The van der Waals surface area contributed by atoms with Gasteiger partial charge in [-0.25, -0.2) is 0 Å². The minimum atomic E-state index is -0.698. The highest BCUT2D eigenvalue weighted by atomic mass is 16.2. The largest absolute Gasteiger partial charge is 0.360 e. The van der Waals surface area contributed by atoms with Crippen LogP contribution in [0.15, 0.2) is 54.7 Å². The molecule has 1 amide bonds. The number of H-pyrrole nitrogens is 1. The Balaban J connectivity index is 1.61. The van der Waals surface area contributed by atoms with Crippen LogP contribution in [0.5, 0.6) is 0 Å². The second-order valence-electron chi connectivity index (χ2n) is 5.70. The lowest BCUT2D eigenvalue weighted by Gasteiger charge is -1.99. The number of hydrogen-bond acceptors (Lipinski definition) is 3. The quantitative estimate of drug-likeness (QED) is 0.434. The number of hydrogen-bond donors (Lipinski definition) is 2. The molecule has 0 fully saturated rings. The van der Waals surface area contributed by atoms with E-state index in [-0.39, 0.29) is 12.3 Å². The predicted octanol–water partition coefficient (Wildman–Crippen LogP) is 2.72. The van der Waals surface area contributed by atoms with Crippen molar-refractivity contribution in [3.05, 3.63) is 71.4 Å². The molecule has 0 spiro atoms. The molecule has 0 bridgehead atoms. The van der Waals surface area contributed by atoms with Gasteiger partial charge in [-0.1, -0.05) is 42.2 Å². The fourth-order valence-corrected chi connectivity index (χ4v) is 2.52. The molecule has 26 heavy (non-hydrogen) atoms. The molecule has 0 saturated carbocycles. The molecule has 1 heterocycles. The average molecular weight is 344 g/mol. The number of fused-ring (bicyclic) bond motifs is 1. The molecular formula is C21H16N2O3. The first kappa shape index (κ1) is 17.2. The molecule has 2 aromatic carbocycles. The van der Waals surface area contributed by atoms with E-state index in [9.17, 15) is 14.4 Å². The smallest absolute Gasteiger partial charge is 0.293 e. The molecular weight excluding hydrogens is 328 g/mol. The van der Waals surface area contributed by atoms with Crippen LogP contribution in [0, 0.1) is 11.8 Å². The van der Waals surface area contributed by atoms with Crippen molar-refractivity contribution in [3.63, 3.8) is 0 Å². The highest BCUT2D eigenvalue weighted by Gasteiger charge is 2.18. The van der Waals surface area contributed by atoms with Gasteiger partial charge in [0.1, 0.15) is 0 Å². The van der Waals surface area contributed by atoms with E-state index < -0.39 is 11.7 Å². The van der Waals surface area contributed by atoms with E-state index in [4.69, 9.17) is 0 Å². The van der Waals surface area contributed by atoms with Crippen molar-refractivity contribution >= 4 is 28.4 Å². The summed E-state index contributed by atoms with van der Waals surface area (Å²) in [4.78, 5) is 38.5. The highest BCUT2D eigenvalue weighted by Crippen LogP contribution is 2.18. The lowest BCUT2D eigenvalue weighted by molar-refractivity contribution is -0.116. The number of para-hydroxylation sites is 1.